The monoisotopic (exact) mass is 293 g/mol. The first-order valence-electron chi connectivity index (χ1n) is 6.94. The molecular formula is C14H16FN3O3. The lowest BCUT2D eigenvalue weighted by atomic mass is 9.95. The highest BCUT2D eigenvalue weighted by atomic mass is 19.1. The number of non-ortho nitro benzene ring substituents is 1. The van der Waals surface area contributed by atoms with Crippen LogP contribution in [0.1, 0.15) is 17.3 Å². The van der Waals surface area contributed by atoms with Gasteiger partial charge in [0.25, 0.3) is 11.6 Å². The van der Waals surface area contributed by atoms with Crippen molar-refractivity contribution in [3.05, 3.63) is 39.7 Å². The molecule has 2 aliphatic rings. The molecule has 3 unspecified atom stereocenters. The van der Waals surface area contributed by atoms with Crippen molar-refractivity contribution in [2.75, 3.05) is 19.6 Å². The first-order valence-corrected chi connectivity index (χ1v) is 6.94. The number of nitrogens with zero attached hydrogens (tertiary/aromatic N) is 2. The Kier molecular flexibility index (Phi) is 3.36. The number of nitrogens with one attached hydrogen (secondary N) is 1. The van der Waals surface area contributed by atoms with Crippen LogP contribution in [-0.2, 0) is 0 Å². The zero-order valence-electron chi connectivity index (χ0n) is 11.6. The standard InChI is InChI=1S/C14H16FN3O3/c1-8-13-6-16-5-10(13)7-17(8)14(19)9-2-11(15)4-12(3-9)18(20)21/h2-4,8,10,13,16H,5-7H2,1H3. The van der Waals surface area contributed by atoms with Gasteiger partial charge in [0.15, 0.2) is 0 Å². The summed E-state index contributed by atoms with van der Waals surface area (Å²) in [5.74, 6) is -0.286. The van der Waals surface area contributed by atoms with E-state index in [9.17, 15) is 19.3 Å². The molecule has 0 bridgehead atoms. The molecule has 0 aromatic heterocycles. The first-order chi connectivity index (χ1) is 9.97. The molecule has 3 atom stereocenters. The van der Waals surface area contributed by atoms with E-state index in [-0.39, 0.29) is 17.5 Å². The Bertz CT molecular complexity index is 607. The summed E-state index contributed by atoms with van der Waals surface area (Å²) in [6.07, 6.45) is 0. The third kappa shape index (κ3) is 2.37. The van der Waals surface area contributed by atoms with Crippen LogP contribution in [-0.4, -0.2) is 41.4 Å². The van der Waals surface area contributed by atoms with Crippen molar-refractivity contribution in [3.8, 4) is 0 Å². The molecule has 6 nitrogen and oxygen atoms in total. The van der Waals surface area contributed by atoms with Gasteiger partial charge < -0.3 is 10.2 Å². The summed E-state index contributed by atoms with van der Waals surface area (Å²) < 4.78 is 13.5. The van der Waals surface area contributed by atoms with E-state index >= 15 is 0 Å². The van der Waals surface area contributed by atoms with Crippen molar-refractivity contribution >= 4 is 11.6 Å². The summed E-state index contributed by atoms with van der Waals surface area (Å²) in [6.45, 7) is 4.34. The fraction of sp³-hybridized carbons (Fsp3) is 0.500. The maximum Gasteiger partial charge on any atom is 0.273 e. The first kappa shape index (κ1) is 13.9. The number of hydrogen-bond acceptors (Lipinski definition) is 4. The van der Waals surface area contributed by atoms with Crippen LogP contribution >= 0.6 is 0 Å². The Morgan fingerprint density at radius 1 is 1.43 bits per heavy atom. The average molecular weight is 293 g/mol. The van der Waals surface area contributed by atoms with Gasteiger partial charge in [0.05, 0.1) is 11.0 Å². The van der Waals surface area contributed by atoms with E-state index in [0.717, 1.165) is 31.3 Å². The van der Waals surface area contributed by atoms with Crippen molar-refractivity contribution < 1.29 is 14.1 Å². The summed E-state index contributed by atoms with van der Waals surface area (Å²) in [5.41, 5.74) is -0.353. The molecule has 2 aliphatic heterocycles. The second-order valence-electron chi connectivity index (χ2n) is 5.74. The van der Waals surface area contributed by atoms with Crippen LogP contribution in [0, 0.1) is 27.8 Å². The molecule has 2 fully saturated rings. The number of carbonyl (C=O) groups excluding carboxylic acids is 1. The molecular weight excluding hydrogens is 277 g/mol. The van der Waals surface area contributed by atoms with Gasteiger partial charge in [-0.05, 0) is 24.8 Å². The quantitative estimate of drug-likeness (QED) is 0.661. The van der Waals surface area contributed by atoms with Gasteiger partial charge in [-0.25, -0.2) is 4.39 Å². The van der Waals surface area contributed by atoms with Crippen LogP contribution in [0.25, 0.3) is 0 Å². The van der Waals surface area contributed by atoms with E-state index in [1.807, 2.05) is 6.92 Å². The second-order valence-corrected chi connectivity index (χ2v) is 5.74. The smallest absolute Gasteiger partial charge is 0.273 e. The van der Waals surface area contributed by atoms with Gasteiger partial charge in [-0.1, -0.05) is 0 Å². The van der Waals surface area contributed by atoms with Crippen LogP contribution in [0.2, 0.25) is 0 Å². The maximum absolute atomic E-state index is 13.5. The topological polar surface area (TPSA) is 75.5 Å². The SMILES string of the molecule is CC1C2CNCC2CN1C(=O)c1cc(F)cc([N+](=O)[O-])c1. The van der Waals surface area contributed by atoms with E-state index < -0.39 is 16.4 Å². The van der Waals surface area contributed by atoms with Crippen molar-refractivity contribution in [1.82, 2.24) is 10.2 Å². The molecule has 0 spiro atoms. The van der Waals surface area contributed by atoms with Gasteiger partial charge >= 0.3 is 0 Å². The summed E-state index contributed by atoms with van der Waals surface area (Å²) in [5, 5.41) is 14.1. The van der Waals surface area contributed by atoms with Gasteiger partial charge in [0.2, 0.25) is 0 Å². The Hall–Kier alpha value is -2.02. The predicted octanol–water partition coefficient (Wildman–Crippen LogP) is 1.41. The van der Waals surface area contributed by atoms with Crippen LogP contribution in [0.3, 0.4) is 0 Å². The minimum absolute atomic E-state index is 0.0430. The molecule has 21 heavy (non-hydrogen) atoms. The Labute approximate surface area is 121 Å². The fourth-order valence-corrected chi connectivity index (χ4v) is 3.40. The van der Waals surface area contributed by atoms with Gasteiger partial charge in [-0.2, -0.15) is 0 Å². The number of carbonyl (C=O) groups is 1. The van der Waals surface area contributed by atoms with Crippen molar-refractivity contribution in [2.45, 2.75) is 13.0 Å². The molecule has 7 heteroatoms. The van der Waals surface area contributed by atoms with Crippen LogP contribution < -0.4 is 5.32 Å². The molecule has 1 aromatic rings. The zero-order chi connectivity index (χ0) is 15.1. The molecule has 1 aromatic carbocycles. The summed E-state index contributed by atoms with van der Waals surface area (Å²) in [6, 6.07) is 3.08. The Morgan fingerprint density at radius 2 is 2.19 bits per heavy atom. The number of rotatable bonds is 2. The molecule has 1 amide bonds. The van der Waals surface area contributed by atoms with Crippen molar-refractivity contribution in [3.63, 3.8) is 0 Å². The largest absolute Gasteiger partial charge is 0.335 e. The summed E-state index contributed by atoms with van der Waals surface area (Å²) >= 11 is 0. The molecule has 1 N–H and O–H groups in total. The van der Waals surface area contributed by atoms with Crippen molar-refractivity contribution in [1.29, 1.82) is 0 Å². The van der Waals surface area contributed by atoms with Crippen molar-refractivity contribution in [2.24, 2.45) is 11.8 Å². The van der Waals surface area contributed by atoms with E-state index in [0.29, 0.717) is 18.4 Å². The molecule has 2 saturated heterocycles. The van der Waals surface area contributed by atoms with E-state index in [1.54, 1.807) is 4.90 Å². The Balaban J connectivity index is 1.87. The lowest BCUT2D eigenvalue weighted by Crippen LogP contribution is -2.38. The highest BCUT2D eigenvalue weighted by molar-refractivity contribution is 5.95. The number of benzene rings is 1. The summed E-state index contributed by atoms with van der Waals surface area (Å²) in [4.78, 5) is 24.3. The maximum atomic E-state index is 13.5. The number of nitro groups is 1. The number of hydrogen-bond donors (Lipinski definition) is 1. The number of likely N-dealkylation sites (tertiary alicyclic amines) is 1. The number of nitro benzene ring substituents is 1. The lowest BCUT2D eigenvalue weighted by Gasteiger charge is -2.24. The molecule has 112 valence electrons. The molecule has 3 rings (SSSR count). The third-order valence-corrected chi connectivity index (χ3v) is 4.54. The van der Waals surface area contributed by atoms with Gasteiger partial charge in [0.1, 0.15) is 5.82 Å². The fourth-order valence-electron chi connectivity index (χ4n) is 3.40. The molecule has 0 radical (unpaired) electrons. The molecule has 2 heterocycles. The number of fused-ring (bicyclic) bond motifs is 1. The van der Waals surface area contributed by atoms with E-state index in [1.165, 1.54) is 0 Å². The number of halogens is 1. The molecule has 0 saturated carbocycles. The van der Waals surface area contributed by atoms with Gasteiger partial charge in [-0.15, -0.1) is 0 Å². The highest BCUT2D eigenvalue weighted by Gasteiger charge is 2.43. The van der Waals surface area contributed by atoms with E-state index in [2.05, 4.69) is 5.32 Å². The minimum Gasteiger partial charge on any atom is -0.335 e. The average Bonchev–Trinajstić information content (AvgIpc) is 3.01. The zero-order valence-corrected chi connectivity index (χ0v) is 11.6. The highest BCUT2D eigenvalue weighted by Crippen LogP contribution is 2.33. The van der Waals surface area contributed by atoms with Crippen LogP contribution in [0.5, 0.6) is 0 Å². The van der Waals surface area contributed by atoms with Gasteiger partial charge in [0, 0.05) is 37.3 Å². The second kappa shape index (κ2) is 5.07. The third-order valence-electron chi connectivity index (χ3n) is 4.54. The van der Waals surface area contributed by atoms with E-state index in [4.69, 9.17) is 0 Å². The minimum atomic E-state index is -0.763. The molecule has 0 aliphatic carbocycles. The number of amides is 1. The van der Waals surface area contributed by atoms with Crippen LogP contribution in [0.4, 0.5) is 10.1 Å². The van der Waals surface area contributed by atoms with Gasteiger partial charge in [-0.3, -0.25) is 14.9 Å². The normalized spacial score (nSPS) is 27.7. The van der Waals surface area contributed by atoms with Crippen LogP contribution in [0.15, 0.2) is 18.2 Å². The Morgan fingerprint density at radius 3 is 2.86 bits per heavy atom. The predicted molar refractivity (Wildman–Crippen MR) is 73.4 cm³/mol. The summed E-state index contributed by atoms with van der Waals surface area (Å²) in [7, 11) is 0. The lowest BCUT2D eigenvalue weighted by molar-refractivity contribution is -0.385.